The Balaban J connectivity index is 2.41. The molecule has 1 atom stereocenters. The van der Waals surface area contributed by atoms with E-state index in [2.05, 4.69) is 0 Å². The number of rotatable bonds is 2. The van der Waals surface area contributed by atoms with Crippen LogP contribution in [0.25, 0.3) is 16.2 Å². The molecule has 1 heterocycles. The van der Waals surface area contributed by atoms with Gasteiger partial charge in [0.15, 0.2) is 0 Å². The van der Waals surface area contributed by atoms with E-state index in [9.17, 15) is 5.21 Å². The molecule has 0 fully saturated rings. The maximum absolute atomic E-state index is 10.7. The van der Waals surface area contributed by atoms with Crippen LogP contribution in [-0.4, -0.2) is 5.21 Å². The smallest absolute Gasteiger partial charge is 0.138 e. The van der Waals surface area contributed by atoms with E-state index in [1.165, 1.54) is 4.70 Å². The predicted octanol–water partition coefficient (Wildman–Crippen LogP) is 2.03. The van der Waals surface area contributed by atoms with Crippen molar-refractivity contribution in [1.29, 1.82) is 0 Å². The van der Waals surface area contributed by atoms with Gasteiger partial charge in [0.05, 0.1) is 0 Å². The van der Waals surface area contributed by atoms with Crippen molar-refractivity contribution < 1.29 is 10.4 Å². The van der Waals surface area contributed by atoms with Gasteiger partial charge in [-0.3, -0.25) is 0 Å². The van der Waals surface area contributed by atoms with Gasteiger partial charge in [-0.25, -0.2) is 5.21 Å². The summed E-state index contributed by atoms with van der Waals surface area (Å²) in [4.78, 5) is 0.983. The van der Waals surface area contributed by atoms with E-state index in [0.717, 1.165) is 10.3 Å². The van der Waals surface area contributed by atoms with Gasteiger partial charge in [0, 0.05) is 22.6 Å². The number of hydrogen-bond acceptors (Lipinski definition) is 3. The van der Waals surface area contributed by atoms with Gasteiger partial charge in [0.25, 0.3) is 0 Å². The SMILES string of the molecule is C/C(=C\c1cc2ccccc2s1)[NH+]([O-])O. The maximum Gasteiger partial charge on any atom is 0.138 e. The molecule has 0 bridgehead atoms. The maximum atomic E-state index is 10.7. The van der Waals surface area contributed by atoms with Gasteiger partial charge < -0.3 is 5.21 Å². The molecule has 0 spiro atoms. The van der Waals surface area contributed by atoms with Gasteiger partial charge in [-0.2, -0.15) is 5.23 Å². The summed E-state index contributed by atoms with van der Waals surface area (Å²) in [5, 5.41) is 19.7. The lowest BCUT2D eigenvalue weighted by atomic mass is 10.2. The summed E-state index contributed by atoms with van der Waals surface area (Å²) in [5.74, 6) is 0. The highest BCUT2D eigenvalue weighted by molar-refractivity contribution is 7.19. The average Bonchev–Trinajstić information content (AvgIpc) is 2.59. The number of hydroxylamine groups is 2. The zero-order valence-electron chi connectivity index (χ0n) is 8.23. The van der Waals surface area contributed by atoms with E-state index in [0.29, 0.717) is 5.70 Å². The van der Waals surface area contributed by atoms with Gasteiger partial charge in [-0.05, 0) is 17.5 Å². The fraction of sp³-hybridized carbons (Fsp3) is 0.0909. The van der Waals surface area contributed by atoms with Crippen LogP contribution in [0.15, 0.2) is 36.0 Å². The van der Waals surface area contributed by atoms with Crippen molar-refractivity contribution in [2.75, 3.05) is 0 Å². The van der Waals surface area contributed by atoms with Crippen molar-refractivity contribution in [2.45, 2.75) is 6.92 Å². The Morgan fingerprint density at radius 2 is 2.20 bits per heavy atom. The molecule has 1 aromatic heterocycles. The first-order valence-electron chi connectivity index (χ1n) is 4.57. The van der Waals surface area contributed by atoms with E-state index >= 15 is 0 Å². The third-order valence-corrected chi connectivity index (χ3v) is 3.20. The van der Waals surface area contributed by atoms with Crippen molar-refractivity contribution in [2.24, 2.45) is 0 Å². The lowest BCUT2D eigenvalue weighted by Gasteiger charge is -2.10. The molecule has 4 heteroatoms. The van der Waals surface area contributed by atoms with E-state index in [-0.39, 0.29) is 0 Å². The average molecular weight is 221 g/mol. The number of nitrogens with one attached hydrogen (secondary N) is 1. The summed E-state index contributed by atoms with van der Waals surface area (Å²) in [5.41, 5.74) is 0.363. The summed E-state index contributed by atoms with van der Waals surface area (Å²) >= 11 is 1.60. The van der Waals surface area contributed by atoms with Crippen LogP contribution in [0.5, 0.6) is 0 Å². The largest absolute Gasteiger partial charge is 0.595 e. The van der Waals surface area contributed by atoms with Crippen molar-refractivity contribution in [1.82, 2.24) is 0 Å². The number of hydrogen-bond donors (Lipinski definition) is 2. The fourth-order valence-electron chi connectivity index (χ4n) is 1.35. The molecule has 0 aliphatic rings. The zero-order chi connectivity index (χ0) is 10.8. The molecule has 0 saturated carbocycles. The van der Waals surface area contributed by atoms with Crippen molar-refractivity contribution in [3.05, 3.63) is 46.1 Å². The number of fused-ring (bicyclic) bond motifs is 1. The quantitative estimate of drug-likeness (QED) is 0.762. The second kappa shape index (κ2) is 4.12. The van der Waals surface area contributed by atoms with Gasteiger partial charge >= 0.3 is 0 Å². The molecule has 0 radical (unpaired) electrons. The summed E-state index contributed by atoms with van der Waals surface area (Å²) in [7, 11) is 0. The minimum absolute atomic E-state index is 0.363. The topological polar surface area (TPSA) is 47.7 Å². The molecular weight excluding hydrogens is 210 g/mol. The van der Waals surface area contributed by atoms with Crippen LogP contribution in [0.3, 0.4) is 0 Å². The minimum atomic E-state index is -0.868. The molecule has 2 N–H and O–H groups in total. The first-order valence-corrected chi connectivity index (χ1v) is 5.38. The summed E-state index contributed by atoms with van der Waals surface area (Å²) in [6, 6.07) is 10.0. The third-order valence-electron chi connectivity index (χ3n) is 2.14. The summed E-state index contributed by atoms with van der Waals surface area (Å²) in [6.07, 6.45) is 1.70. The Labute approximate surface area is 91.4 Å². The molecule has 0 aliphatic heterocycles. The van der Waals surface area contributed by atoms with Crippen LogP contribution in [0, 0.1) is 5.21 Å². The Hall–Kier alpha value is -1.20. The Morgan fingerprint density at radius 3 is 2.87 bits per heavy atom. The normalized spacial score (nSPS) is 14.5. The summed E-state index contributed by atoms with van der Waals surface area (Å²) in [6.45, 7) is 1.60. The molecule has 0 saturated heterocycles. The fourth-order valence-corrected chi connectivity index (χ4v) is 2.42. The molecule has 3 nitrogen and oxygen atoms in total. The second-order valence-electron chi connectivity index (χ2n) is 3.32. The molecular formula is C11H11NO2S. The van der Waals surface area contributed by atoms with E-state index in [1.807, 2.05) is 30.3 Å². The van der Waals surface area contributed by atoms with E-state index in [1.54, 1.807) is 24.3 Å². The van der Waals surface area contributed by atoms with Crippen molar-refractivity contribution in [3.8, 4) is 0 Å². The zero-order valence-corrected chi connectivity index (χ0v) is 9.04. The first-order chi connectivity index (χ1) is 7.16. The lowest BCUT2D eigenvalue weighted by molar-refractivity contribution is -1.01. The monoisotopic (exact) mass is 221 g/mol. The first kappa shape index (κ1) is 10.3. The minimum Gasteiger partial charge on any atom is -0.595 e. The molecule has 1 unspecified atom stereocenters. The highest BCUT2D eigenvalue weighted by Gasteiger charge is 2.01. The number of thiophene rings is 1. The number of allylic oxidation sites excluding steroid dienone is 1. The third kappa shape index (κ3) is 2.24. The molecule has 0 aliphatic carbocycles. The standard InChI is InChI=1S/C11H11NO2S/c1-8(12(13)14)6-10-7-9-4-2-3-5-11(9)15-10/h2-7,12-13H,1H3/b8-6+. The lowest BCUT2D eigenvalue weighted by Crippen LogP contribution is -3.02. The summed E-state index contributed by atoms with van der Waals surface area (Å²) < 4.78 is 1.18. The Morgan fingerprint density at radius 1 is 1.47 bits per heavy atom. The number of benzene rings is 1. The van der Waals surface area contributed by atoms with Gasteiger partial charge in [0.1, 0.15) is 5.70 Å². The molecule has 15 heavy (non-hydrogen) atoms. The second-order valence-corrected chi connectivity index (χ2v) is 4.43. The van der Waals surface area contributed by atoms with Crippen LogP contribution in [0.1, 0.15) is 11.8 Å². The molecule has 78 valence electrons. The van der Waals surface area contributed by atoms with Gasteiger partial charge in [-0.1, -0.05) is 18.2 Å². The van der Waals surface area contributed by atoms with Crippen LogP contribution in [0.2, 0.25) is 0 Å². The molecule has 2 rings (SSSR count). The Bertz CT molecular complexity index is 469. The predicted molar refractivity (Wildman–Crippen MR) is 61.6 cm³/mol. The van der Waals surface area contributed by atoms with Crippen LogP contribution in [-0.2, 0) is 0 Å². The van der Waals surface area contributed by atoms with Crippen molar-refractivity contribution >= 4 is 27.5 Å². The highest BCUT2D eigenvalue weighted by Crippen LogP contribution is 2.26. The van der Waals surface area contributed by atoms with E-state index < -0.39 is 5.23 Å². The van der Waals surface area contributed by atoms with Crippen LogP contribution < -0.4 is 5.23 Å². The molecule has 2 aromatic rings. The Kier molecular flexibility index (Phi) is 2.83. The number of quaternary nitrogens is 1. The van der Waals surface area contributed by atoms with Crippen LogP contribution in [0.4, 0.5) is 0 Å². The van der Waals surface area contributed by atoms with E-state index in [4.69, 9.17) is 5.21 Å². The highest BCUT2D eigenvalue weighted by atomic mass is 32.1. The molecule has 1 aromatic carbocycles. The van der Waals surface area contributed by atoms with Gasteiger partial charge in [-0.15, -0.1) is 11.3 Å². The molecule has 0 amide bonds. The van der Waals surface area contributed by atoms with Crippen molar-refractivity contribution in [3.63, 3.8) is 0 Å². The van der Waals surface area contributed by atoms with Crippen LogP contribution >= 0.6 is 11.3 Å². The van der Waals surface area contributed by atoms with Gasteiger partial charge in [0.2, 0.25) is 0 Å².